The lowest BCUT2D eigenvalue weighted by atomic mass is 10.1. The van der Waals surface area contributed by atoms with Crippen LogP contribution in [-0.2, 0) is 18.9 Å². The van der Waals surface area contributed by atoms with Gasteiger partial charge in [-0.1, -0.05) is 30.3 Å². The Kier molecular flexibility index (Phi) is 3.62. The van der Waals surface area contributed by atoms with Crippen molar-refractivity contribution in [1.82, 2.24) is 0 Å². The van der Waals surface area contributed by atoms with Gasteiger partial charge in [0.2, 0.25) is 0 Å². The second-order valence-corrected chi connectivity index (χ2v) is 4.59. The van der Waals surface area contributed by atoms with E-state index in [4.69, 9.17) is 18.9 Å². The Morgan fingerprint density at radius 2 is 2.00 bits per heavy atom. The lowest BCUT2D eigenvalue weighted by Gasteiger charge is -2.43. The third kappa shape index (κ3) is 2.27. The molecule has 1 N–H and O–H groups in total. The van der Waals surface area contributed by atoms with Gasteiger partial charge in [-0.2, -0.15) is 0 Å². The van der Waals surface area contributed by atoms with E-state index >= 15 is 0 Å². The summed E-state index contributed by atoms with van der Waals surface area (Å²) in [5.41, 5.74) is 0.835. The van der Waals surface area contributed by atoms with Crippen LogP contribution in [-0.4, -0.2) is 37.3 Å². The van der Waals surface area contributed by atoms with Gasteiger partial charge in [-0.15, -0.1) is 0 Å². The summed E-state index contributed by atoms with van der Waals surface area (Å²) >= 11 is 0. The van der Waals surface area contributed by atoms with Crippen LogP contribution in [0.4, 0.5) is 0 Å². The first-order valence-electron chi connectivity index (χ1n) is 6.31. The molecule has 2 aliphatic heterocycles. The number of rotatable bonds is 2. The van der Waals surface area contributed by atoms with Gasteiger partial charge in [0.1, 0.15) is 18.0 Å². The van der Waals surface area contributed by atoms with E-state index in [1.165, 1.54) is 7.11 Å². The zero-order chi connectivity index (χ0) is 14.1. The van der Waals surface area contributed by atoms with Crippen molar-refractivity contribution in [2.75, 3.05) is 13.7 Å². The number of methoxy groups -OCH3 is 1. The van der Waals surface area contributed by atoms with Crippen LogP contribution < -0.4 is 5.11 Å². The van der Waals surface area contributed by atoms with E-state index in [9.17, 15) is 10.2 Å². The Hall–Kier alpha value is -1.60. The second-order valence-electron chi connectivity index (χ2n) is 4.59. The van der Waals surface area contributed by atoms with E-state index in [2.05, 4.69) is 0 Å². The predicted octanol–water partition coefficient (Wildman–Crippen LogP) is 0.602. The molecule has 2 heterocycles. The molecule has 3 rings (SSSR count). The zero-order valence-corrected chi connectivity index (χ0v) is 10.9. The summed E-state index contributed by atoms with van der Waals surface area (Å²) in [6.45, 7) is 0.171. The fourth-order valence-electron chi connectivity index (χ4n) is 2.35. The van der Waals surface area contributed by atoms with Gasteiger partial charge in [0.05, 0.1) is 13.7 Å². The average Bonchev–Trinajstić information content (AvgIpc) is 2.48. The van der Waals surface area contributed by atoms with Crippen LogP contribution in [0.15, 0.2) is 41.9 Å². The number of fused-ring (bicyclic) bond motifs is 1. The van der Waals surface area contributed by atoms with Crippen LogP contribution in [0.1, 0.15) is 11.9 Å². The maximum atomic E-state index is 11.6. The number of aliphatic hydroxyl groups is 1. The van der Waals surface area contributed by atoms with E-state index in [1.807, 2.05) is 30.3 Å². The monoisotopic (exact) mass is 279 g/mol. The van der Waals surface area contributed by atoms with Gasteiger partial charge >= 0.3 is 0 Å². The summed E-state index contributed by atoms with van der Waals surface area (Å²) in [6, 6.07) is 9.36. The Morgan fingerprint density at radius 1 is 1.25 bits per heavy atom. The van der Waals surface area contributed by atoms with E-state index in [0.717, 1.165) is 5.56 Å². The molecule has 1 saturated heterocycles. The molecule has 1 aromatic carbocycles. The molecule has 0 bridgehead atoms. The highest BCUT2D eigenvalue weighted by atomic mass is 16.7. The summed E-state index contributed by atoms with van der Waals surface area (Å²) in [4.78, 5) is 0. The fourth-order valence-corrected chi connectivity index (χ4v) is 2.35. The van der Waals surface area contributed by atoms with Gasteiger partial charge in [0.25, 0.3) is 0 Å². The molecule has 0 aromatic heterocycles. The molecule has 0 aliphatic carbocycles. The molecule has 6 nitrogen and oxygen atoms in total. The van der Waals surface area contributed by atoms with Crippen molar-refractivity contribution < 1.29 is 29.2 Å². The highest BCUT2D eigenvalue weighted by molar-refractivity contribution is 5.19. The number of hydrogen-bond donors (Lipinski definition) is 1. The van der Waals surface area contributed by atoms with Crippen molar-refractivity contribution in [2.24, 2.45) is 0 Å². The van der Waals surface area contributed by atoms with Gasteiger partial charge in [-0.05, 0) is 0 Å². The maximum absolute atomic E-state index is 11.6. The molecule has 1 unspecified atom stereocenters. The SMILES string of the molecule is COC1=C(O)[C@@H]2OC(c3ccccc3)OC[C@H]2O[C@@H]1[O-]. The quantitative estimate of drug-likeness (QED) is 0.854. The lowest BCUT2D eigenvalue weighted by molar-refractivity contribution is -0.502. The molecule has 0 radical (unpaired) electrons. The van der Waals surface area contributed by atoms with Crippen LogP contribution in [0.5, 0.6) is 0 Å². The number of hydrogen-bond acceptors (Lipinski definition) is 6. The van der Waals surface area contributed by atoms with Gasteiger partial charge in [0, 0.05) is 11.9 Å². The van der Waals surface area contributed by atoms with Crippen LogP contribution >= 0.6 is 0 Å². The molecular formula is C14H15O6-. The largest absolute Gasteiger partial charge is 0.825 e. The molecule has 108 valence electrons. The molecule has 4 atom stereocenters. The van der Waals surface area contributed by atoms with Crippen molar-refractivity contribution >= 4 is 0 Å². The summed E-state index contributed by atoms with van der Waals surface area (Å²) in [5.74, 6) is -0.354. The molecule has 2 aliphatic rings. The van der Waals surface area contributed by atoms with E-state index < -0.39 is 24.8 Å². The molecule has 6 heteroatoms. The molecule has 0 spiro atoms. The molecular weight excluding hydrogens is 264 g/mol. The van der Waals surface area contributed by atoms with Gasteiger partial charge in [0.15, 0.2) is 12.0 Å². The topological polar surface area (TPSA) is 80.2 Å². The van der Waals surface area contributed by atoms with Crippen molar-refractivity contribution in [1.29, 1.82) is 0 Å². The first kappa shape index (κ1) is 13.4. The molecule has 1 fully saturated rings. The van der Waals surface area contributed by atoms with Gasteiger partial charge < -0.3 is 29.2 Å². The third-order valence-electron chi connectivity index (χ3n) is 3.35. The summed E-state index contributed by atoms with van der Waals surface area (Å²) in [7, 11) is 1.31. The highest BCUT2D eigenvalue weighted by Crippen LogP contribution is 2.34. The maximum Gasteiger partial charge on any atom is 0.184 e. The van der Waals surface area contributed by atoms with E-state index in [1.54, 1.807) is 0 Å². The van der Waals surface area contributed by atoms with Crippen LogP contribution in [0, 0.1) is 0 Å². The molecule has 0 saturated carbocycles. The Morgan fingerprint density at radius 3 is 2.70 bits per heavy atom. The minimum atomic E-state index is -1.55. The number of ether oxygens (including phenoxy) is 4. The fraction of sp³-hybridized carbons (Fsp3) is 0.429. The van der Waals surface area contributed by atoms with E-state index in [0.29, 0.717) is 0 Å². The minimum absolute atomic E-state index is 0.139. The summed E-state index contributed by atoms with van der Waals surface area (Å²) in [5, 5.41) is 21.7. The minimum Gasteiger partial charge on any atom is -0.825 e. The molecule has 0 amide bonds. The predicted molar refractivity (Wildman–Crippen MR) is 65.3 cm³/mol. The number of benzene rings is 1. The molecule has 20 heavy (non-hydrogen) atoms. The lowest BCUT2D eigenvalue weighted by Crippen LogP contribution is -2.52. The van der Waals surface area contributed by atoms with Crippen LogP contribution in [0.3, 0.4) is 0 Å². The van der Waals surface area contributed by atoms with Crippen LogP contribution in [0.2, 0.25) is 0 Å². The van der Waals surface area contributed by atoms with Crippen molar-refractivity contribution in [3.63, 3.8) is 0 Å². The van der Waals surface area contributed by atoms with Crippen LogP contribution in [0.25, 0.3) is 0 Å². The van der Waals surface area contributed by atoms with Gasteiger partial charge in [-0.3, -0.25) is 0 Å². The standard InChI is InChI=1S/C14H15O6/c1-17-12-10(15)11-9(19-13(12)16)7-18-14(20-11)8-5-3-2-4-6-8/h2-6,9,11,13-15H,7H2,1H3/q-1/t9-,11-,13+,14?/m1/s1. The van der Waals surface area contributed by atoms with Crippen molar-refractivity contribution in [3.05, 3.63) is 47.4 Å². The normalized spacial score (nSPS) is 33.7. The smallest absolute Gasteiger partial charge is 0.184 e. The third-order valence-corrected chi connectivity index (χ3v) is 3.35. The Bertz CT molecular complexity index is 500. The second kappa shape index (κ2) is 5.41. The average molecular weight is 279 g/mol. The first-order chi connectivity index (χ1) is 9.70. The molecule has 1 aromatic rings. The summed E-state index contributed by atoms with van der Waals surface area (Å²) < 4.78 is 21.3. The van der Waals surface area contributed by atoms with Gasteiger partial charge in [-0.25, -0.2) is 0 Å². The van der Waals surface area contributed by atoms with E-state index in [-0.39, 0.29) is 18.1 Å². The first-order valence-corrected chi connectivity index (χ1v) is 6.31. The van der Waals surface area contributed by atoms with Crippen molar-refractivity contribution in [3.8, 4) is 0 Å². The zero-order valence-electron chi connectivity index (χ0n) is 10.9. The van der Waals surface area contributed by atoms with Crippen molar-refractivity contribution in [2.45, 2.75) is 24.8 Å². The summed E-state index contributed by atoms with van der Waals surface area (Å²) in [6.07, 6.45) is -3.54. The Balaban J connectivity index is 1.84. The Labute approximate surface area is 116 Å². The number of aliphatic hydroxyl groups excluding tert-OH is 1. The highest BCUT2D eigenvalue weighted by Gasteiger charge is 2.41.